The molecule has 5 nitrogen and oxygen atoms in total. The lowest BCUT2D eigenvalue weighted by atomic mass is 10.0. The van der Waals surface area contributed by atoms with Crippen LogP contribution in [0.3, 0.4) is 0 Å². The van der Waals surface area contributed by atoms with Crippen molar-refractivity contribution in [1.29, 1.82) is 0 Å². The Hall–Kier alpha value is -3.51. The molecule has 0 bridgehead atoms. The molecule has 0 atom stereocenters. The zero-order valence-corrected chi connectivity index (χ0v) is 16.9. The van der Waals surface area contributed by atoms with Crippen LogP contribution in [0.15, 0.2) is 76.9 Å². The minimum Gasteiger partial charge on any atom is -0.305 e. The van der Waals surface area contributed by atoms with E-state index < -0.39 is 0 Å². The zero-order chi connectivity index (χ0) is 20.4. The summed E-state index contributed by atoms with van der Waals surface area (Å²) in [6.45, 7) is 3.67. The fourth-order valence-electron chi connectivity index (χ4n) is 3.08. The second-order valence-corrected chi connectivity index (χ2v) is 7.63. The van der Waals surface area contributed by atoms with Crippen LogP contribution in [0, 0.1) is 13.8 Å². The summed E-state index contributed by atoms with van der Waals surface area (Å²) in [5.41, 5.74) is 3.15. The molecule has 144 valence electrons. The number of aryl methyl sites for hydroxylation is 2. The van der Waals surface area contributed by atoms with E-state index in [0.717, 1.165) is 16.8 Å². The number of nitrogens with zero attached hydrogens (tertiary/aromatic N) is 2. The van der Waals surface area contributed by atoms with E-state index in [9.17, 15) is 9.59 Å². The van der Waals surface area contributed by atoms with Gasteiger partial charge in [0.1, 0.15) is 11.5 Å². The first-order valence-corrected chi connectivity index (χ1v) is 10.0. The monoisotopic (exact) mass is 401 g/mol. The summed E-state index contributed by atoms with van der Waals surface area (Å²) in [6, 6.07) is 20.7. The molecule has 2 aromatic heterocycles. The van der Waals surface area contributed by atoms with Crippen LogP contribution in [0.25, 0.3) is 16.8 Å². The Kier molecular flexibility index (Phi) is 5.10. The Bertz CT molecular complexity index is 1210. The summed E-state index contributed by atoms with van der Waals surface area (Å²) in [7, 11) is 0. The second-order valence-electron chi connectivity index (χ2n) is 6.68. The van der Waals surface area contributed by atoms with Gasteiger partial charge in [-0.05, 0) is 43.0 Å². The molecule has 2 aromatic carbocycles. The number of nitrogens with one attached hydrogen (secondary N) is 1. The van der Waals surface area contributed by atoms with Crippen molar-refractivity contribution >= 4 is 23.1 Å². The van der Waals surface area contributed by atoms with Crippen LogP contribution in [-0.4, -0.2) is 15.7 Å². The number of rotatable bonds is 4. The number of amides is 1. The van der Waals surface area contributed by atoms with Gasteiger partial charge in [-0.1, -0.05) is 54.1 Å². The van der Waals surface area contributed by atoms with Crippen LogP contribution in [0.4, 0.5) is 5.82 Å². The summed E-state index contributed by atoms with van der Waals surface area (Å²) in [4.78, 5) is 26.5. The summed E-state index contributed by atoms with van der Waals surface area (Å²) < 4.78 is 1.62. The molecule has 0 saturated heterocycles. The van der Waals surface area contributed by atoms with Gasteiger partial charge in [0.25, 0.3) is 5.91 Å². The van der Waals surface area contributed by atoms with Gasteiger partial charge in [0.05, 0.1) is 16.1 Å². The van der Waals surface area contributed by atoms with E-state index in [0.29, 0.717) is 22.0 Å². The zero-order valence-electron chi connectivity index (χ0n) is 16.0. The minimum atomic E-state index is -0.275. The van der Waals surface area contributed by atoms with Crippen molar-refractivity contribution in [3.63, 3.8) is 0 Å². The Morgan fingerprint density at radius 3 is 2.34 bits per heavy atom. The topological polar surface area (TPSA) is 64.0 Å². The van der Waals surface area contributed by atoms with Crippen molar-refractivity contribution in [1.82, 2.24) is 9.78 Å². The van der Waals surface area contributed by atoms with Gasteiger partial charge in [-0.3, -0.25) is 9.59 Å². The van der Waals surface area contributed by atoms with Crippen molar-refractivity contribution < 1.29 is 4.79 Å². The number of hydrogen-bond donors (Lipinski definition) is 1. The molecule has 1 amide bonds. The molecule has 1 N–H and O–H groups in total. The quantitative estimate of drug-likeness (QED) is 0.533. The summed E-state index contributed by atoms with van der Waals surface area (Å²) in [5, 5.41) is 9.25. The van der Waals surface area contributed by atoms with Crippen molar-refractivity contribution in [2.45, 2.75) is 13.8 Å². The van der Waals surface area contributed by atoms with Crippen molar-refractivity contribution in [2.24, 2.45) is 0 Å². The number of anilines is 1. The smallest absolute Gasteiger partial charge is 0.266 e. The Balaban J connectivity index is 1.97. The number of aromatic nitrogens is 2. The lowest BCUT2D eigenvalue weighted by molar-refractivity contribution is 0.102. The van der Waals surface area contributed by atoms with Crippen LogP contribution >= 0.6 is 11.3 Å². The SMILES string of the molecule is Cc1ccc(-c2c(NC(=O)c3cccs3)n(-c3ccccc3)nc(C)c2=O)cc1. The number of thiophene rings is 1. The maximum Gasteiger partial charge on any atom is 0.266 e. The number of para-hydroxylation sites is 1. The molecule has 0 spiro atoms. The standard InChI is InChI=1S/C23H19N3O2S/c1-15-10-12-17(13-11-15)20-21(27)16(2)25-26(18-7-4-3-5-8-18)22(20)24-23(28)19-9-6-14-29-19/h3-14H,1-2H3,(H,24,28). The van der Waals surface area contributed by atoms with E-state index >= 15 is 0 Å². The van der Waals surface area contributed by atoms with Gasteiger partial charge >= 0.3 is 0 Å². The molecule has 0 aliphatic carbocycles. The van der Waals surface area contributed by atoms with Gasteiger partial charge in [-0.15, -0.1) is 11.3 Å². The van der Waals surface area contributed by atoms with Gasteiger partial charge in [0, 0.05) is 0 Å². The number of hydrogen-bond acceptors (Lipinski definition) is 4. The summed E-state index contributed by atoms with van der Waals surface area (Å²) >= 11 is 1.34. The molecule has 6 heteroatoms. The fraction of sp³-hybridized carbons (Fsp3) is 0.0870. The molecule has 0 aliphatic rings. The average Bonchev–Trinajstić information content (AvgIpc) is 3.27. The highest BCUT2D eigenvalue weighted by atomic mass is 32.1. The van der Waals surface area contributed by atoms with Gasteiger partial charge in [0.2, 0.25) is 5.43 Å². The third-order valence-electron chi connectivity index (χ3n) is 4.57. The first kappa shape index (κ1) is 18.8. The largest absolute Gasteiger partial charge is 0.305 e. The molecule has 0 saturated carbocycles. The summed E-state index contributed by atoms with van der Waals surface area (Å²) in [6.07, 6.45) is 0. The van der Waals surface area contributed by atoms with Gasteiger partial charge in [-0.25, -0.2) is 4.68 Å². The Labute approximate surface area is 172 Å². The molecule has 0 fully saturated rings. The molecule has 4 rings (SSSR count). The minimum absolute atomic E-state index is 0.206. The van der Waals surface area contributed by atoms with E-state index in [4.69, 9.17) is 0 Å². The van der Waals surface area contributed by atoms with Crippen LogP contribution in [0.5, 0.6) is 0 Å². The van der Waals surface area contributed by atoms with Crippen molar-refractivity contribution in [3.05, 3.63) is 98.5 Å². The van der Waals surface area contributed by atoms with Crippen LogP contribution in [0.1, 0.15) is 20.9 Å². The maximum atomic E-state index is 13.1. The lowest BCUT2D eigenvalue weighted by Crippen LogP contribution is -2.24. The van der Waals surface area contributed by atoms with E-state index in [1.807, 2.05) is 73.0 Å². The first-order valence-electron chi connectivity index (χ1n) is 9.16. The highest BCUT2D eigenvalue weighted by Crippen LogP contribution is 2.28. The van der Waals surface area contributed by atoms with Gasteiger partial charge in [-0.2, -0.15) is 5.10 Å². The number of carbonyl (C=O) groups excluding carboxylic acids is 1. The molecule has 29 heavy (non-hydrogen) atoms. The third kappa shape index (κ3) is 3.75. The van der Waals surface area contributed by atoms with E-state index in [-0.39, 0.29) is 11.3 Å². The number of carbonyl (C=O) groups is 1. The van der Waals surface area contributed by atoms with E-state index in [2.05, 4.69) is 10.4 Å². The second kappa shape index (κ2) is 7.85. The first-order chi connectivity index (χ1) is 14.0. The van der Waals surface area contributed by atoms with E-state index in [1.54, 1.807) is 17.7 Å². The van der Waals surface area contributed by atoms with Crippen LogP contribution < -0.4 is 10.7 Å². The molecule has 4 aromatic rings. The Morgan fingerprint density at radius 1 is 0.966 bits per heavy atom. The lowest BCUT2D eigenvalue weighted by Gasteiger charge is -2.18. The molecule has 2 heterocycles. The molecule has 0 aliphatic heterocycles. The van der Waals surface area contributed by atoms with Gasteiger partial charge in [0.15, 0.2) is 0 Å². The predicted octanol–water partition coefficient (Wildman–Crippen LogP) is 4.83. The molecule has 0 unspecified atom stereocenters. The fourth-order valence-corrected chi connectivity index (χ4v) is 3.70. The average molecular weight is 401 g/mol. The molecular weight excluding hydrogens is 382 g/mol. The predicted molar refractivity (Wildman–Crippen MR) is 117 cm³/mol. The summed E-state index contributed by atoms with van der Waals surface area (Å²) in [5.74, 6) is 0.0807. The highest BCUT2D eigenvalue weighted by molar-refractivity contribution is 7.12. The third-order valence-corrected chi connectivity index (χ3v) is 5.44. The normalized spacial score (nSPS) is 10.7. The van der Waals surface area contributed by atoms with Crippen molar-refractivity contribution in [3.8, 4) is 16.8 Å². The molecule has 0 radical (unpaired) electrons. The van der Waals surface area contributed by atoms with Gasteiger partial charge < -0.3 is 5.32 Å². The van der Waals surface area contributed by atoms with E-state index in [1.165, 1.54) is 11.3 Å². The number of benzene rings is 2. The van der Waals surface area contributed by atoms with Crippen LogP contribution in [-0.2, 0) is 0 Å². The van der Waals surface area contributed by atoms with Crippen molar-refractivity contribution in [2.75, 3.05) is 5.32 Å². The highest BCUT2D eigenvalue weighted by Gasteiger charge is 2.21. The maximum absolute atomic E-state index is 13.1. The Morgan fingerprint density at radius 2 is 1.69 bits per heavy atom. The molecular formula is C23H19N3O2S. The van der Waals surface area contributed by atoms with Crippen LogP contribution in [0.2, 0.25) is 0 Å².